The summed E-state index contributed by atoms with van der Waals surface area (Å²) >= 11 is 0. The lowest BCUT2D eigenvalue weighted by Crippen LogP contribution is -2.61. The summed E-state index contributed by atoms with van der Waals surface area (Å²) in [7, 11) is 0. The van der Waals surface area contributed by atoms with Gasteiger partial charge in [0, 0.05) is 24.2 Å². The van der Waals surface area contributed by atoms with Crippen LogP contribution in [0.3, 0.4) is 0 Å². The van der Waals surface area contributed by atoms with Crippen molar-refractivity contribution in [2.75, 3.05) is 26.2 Å². The molecule has 1 aliphatic heterocycles. The molecule has 0 aromatic rings. The van der Waals surface area contributed by atoms with Gasteiger partial charge in [-0.3, -0.25) is 9.89 Å². The van der Waals surface area contributed by atoms with Crippen molar-refractivity contribution in [2.45, 2.75) is 83.4 Å². The Morgan fingerprint density at radius 1 is 1.22 bits per heavy atom. The number of morpholine rings is 1. The highest BCUT2D eigenvalue weighted by Gasteiger charge is 2.42. The van der Waals surface area contributed by atoms with Gasteiger partial charge in [0.25, 0.3) is 0 Å². The minimum Gasteiger partial charge on any atom is -0.373 e. The maximum Gasteiger partial charge on any atom is 0.189 e. The largest absolute Gasteiger partial charge is 0.373 e. The van der Waals surface area contributed by atoms with E-state index in [-0.39, 0.29) is 16.7 Å². The standard InChI is InChI=1S/C18H36N4O/c1-16(2,3)21-15(19)20-13-18(9-7-6-8-10-18)22-11-12-23-17(4,5)14-22/h6-14H2,1-5H3,(H3,19,20,21). The van der Waals surface area contributed by atoms with Crippen LogP contribution in [0.2, 0.25) is 0 Å². The van der Waals surface area contributed by atoms with Gasteiger partial charge in [0.05, 0.1) is 18.8 Å². The molecule has 1 aliphatic carbocycles. The number of nitrogens with two attached hydrogens (primary N) is 1. The molecule has 0 radical (unpaired) electrons. The van der Waals surface area contributed by atoms with Crippen LogP contribution >= 0.6 is 0 Å². The topological polar surface area (TPSA) is 62.9 Å². The average Bonchev–Trinajstić information content (AvgIpc) is 2.43. The number of guanidine groups is 1. The lowest BCUT2D eigenvalue weighted by molar-refractivity contribution is -0.121. The number of nitrogens with one attached hydrogen (secondary N) is 1. The lowest BCUT2D eigenvalue weighted by Gasteiger charge is -2.51. The highest BCUT2D eigenvalue weighted by atomic mass is 16.5. The van der Waals surface area contributed by atoms with Crippen LogP contribution < -0.4 is 11.1 Å². The Bertz CT molecular complexity index is 419. The molecular weight excluding hydrogens is 288 g/mol. The van der Waals surface area contributed by atoms with E-state index in [2.05, 4.69) is 44.8 Å². The number of aliphatic imine (C=N–C) groups is 1. The zero-order valence-electron chi connectivity index (χ0n) is 15.7. The van der Waals surface area contributed by atoms with Gasteiger partial charge in [0.15, 0.2) is 5.96 Å². The van der Waals surface area contributed by atoms with Gasteiger partial charge < -0.3 is 15.8 Å². The predicted molar refractivity (Wildman–Crippen MR) is 96.8 cm³/mol. The second kappa shape index (κ2) is 6.98. The molecule has 23 heavy (non-hydrogen) atoms. The van der Waals surface area contributed by atoms with Gasteiger partial charge in [0.1, 0.15) is 0 Å². The van der Waals surface area contributed by atoms with Gasteiger partial charge in [-0.1, -0.05) is 19.3 Å². The van der Waals surface area contributed by atoms with Gasteiger partial charge in [-0.25, -0.2) is 0 Å². The van der Waals surface area contributed by atoms with E-state index in [9.17, 15) is 0 Å². The summed E-state index contributed by atoms with van der Waals surface area (Å²) in [6.45, 7) is 14.3. The molecule has 5 heteroatoms. The molecular formula is C18H36N4O. The average molecular weight is 325 g/mol. The Morgan fingerprint density at radius 2 is 1.87 bits per heavy atom. The summed E-state index contributed by atoms with van der Waals surface area (Å²) in [5, 5.41) is 3.28. The molecule has 0 atom stereocenters. The van der Waals surface area contributed by atoms with Crippen LogP contribution in [0.1, 0.15) is 66.7 Å². The van der Waals surface area contributed by atoms with Crippen molar-refractivity contribution in [3.8, 4) is 0 Å². The zero-order chi connectivity index (χ0) is 17.1. The summed E-state index contributed by atoms with van der Waals surface area (Å²) in [6, 6.07) is 0. The van der Waals surface area contributed by atoms with E-state index in [4.69, 9.17) is 15.5 Å². The third kappa shape index (κ3) is 5.35. The van der Waals surface area contributed by atoms with Crippen molar-refractivity contribution in [1.29, 1.82) is 0 Å². The highest BCUT2D eigenvalue weighted by molar-refractivity contribution is 5.78. The first-order chi connectivity index (χ1) is 10.6. The molecule has 2 fully saturated rings. The van der Waals surface area contributed by atoms with Gasteiger partial charge in [0.2, 0.25) is 0 Å². The fourth-order valence-electron chi connectivity index (χ4n) is 3.86. The first-order valence-corrected chi connectivity index (χ1v) is 9.09. The minimum absolute atomic E-state index is 0.0474. The molecule has 0 aromatic heterocycles. The molecule has 134 valence electrons. The maximum absolute atomic E-state index is 6.11. The molecule has 2 aliphatic rings. The Hall–Kier alpha value is -0.810. The monoisotopic (exact) mass is 324 g/mol. The van der Waals surface area contributed by atoms with Crippen molar-refractivity contribution in [2.24, 2.45) is 10.7 Å². The van der Waals surface area contributed by atoms with E-state index >= 15 is 0 Å². The predicted octanol–water partition coefficient (Wildman–Crippen LogP) is 2.50. The number of ether oxygens (including phenoxy) is 1. The summed E-state index contributed by atoms with van der Waals surface area (Å²) < 4.78 is 5.91. The normalized spacial score (nSPS) is 26.0. The molecule has 1 saturated carbocycles. The first-order valence-electron chi connectivity index (χ1n) is 9.09. The third-order valence-electron chi connectivity index (χ3n) is 4.93. The number of hydrogen-bond acceptors (Lipinski definition) is 3. The summed E-state index contributed by atoms with van der Waals surface area (Å²) in [5.41, 5.74) is 6.16. The van der Waals surface area contributed by atoms with Crippen molar-refractivity contribution in [3.05, 3.63) is 0 Å². The third-order valence-corrected chi connectivity index (χ3v) is 4.93. The number of nitrogens with zero attached hydrogens (tertiary/aromatic N) is 2. The van der Waals surface area contributed by atoms with Crippen LogP contribution in [-0.2, 0) is 4.74 Å². The van der Waals surface area contributed by atoms with E-state index in [0.29, 0.717) is 5.96 Å². The minimum atomic E-state index is -0.0678. The Kier molecular flexibility index (Phi) is 5.62. The molecule has 0 unspecified atom stereocenters. The zero-order valence-corrected chi connectivity index (χ0v) is 15.7. The molecule has 2 rings (SSSR count). The lowest BCUT2D eigenvalue weighted by atomic mass is 9.79. The van der Waals surface area contributed by atoms with Gasteiger partial charge >= 0.3 is 0 Å². The van der Waals surface area contributed by atoms with E-state index in [0.717, 1.165) is 26.2 Å². The van der Waals surface area contributed by atoms with Crippen molar-refractivity contribution in [3.63, 3.8) is 0 Å². The molecule has 0 spiro atoms. The molecule has 0 bridgehead atoms. The highest BCUT2D eigenvalue weighted by Crippen LogP contribution is 2.36. The molecule has 1 heterocycles. The quantitative estimate of drug-likeness (QED) is 0.618. The van der Waals surface area contributed by atoms with E-state index in [1.54, 1.807) is 0 Å². The molecule has 0 aromatic carbocycles. The number of hydrogen-bond donors (Lipinski definition) is 2. The van der Waals surface area contributed by atoms with Crippen molar-refractivity contribution >= 4 is 5.96 Å². The smallest absolute Gasteiger partial charge is 0.189 e. The molecule has 5 nitrogen and oxygen atoms in total. The Morgan fingerprint density at radius 3 is 2.43 bits per heavy atom. The van der Waals surface area contributed by atoms with E-state index in [1.807, 2.05) is 0 Å². The second-order valence-corrected chi connectivity index (χ2v) is 8.89. The number of rotatable bonds is 3. The maximum atomic E-state index is 6.11. The second-order valence-electron chi connectivity index (χ2n) is 8.89. The summed E-state index contributed by atoms with van der Waals surface area (Å²) in [6.07, 6.45) is 6.36. The van der Waals surface area contributed by atoms with Crippen molar-refractivity contribution in [1.82, 2.24) is 10.2 Å². The van der Waals surface area contributed by atoms with E-state index in [1.165, 1.54) is 32.1 Å². The first kappa shape index (κ1) is 18.5. The van der Waals surface area contributed by atoms with E-state index < -0.39 is 0 Å². The molecule has 0 amide bonds. The van der Waals surface area contributed by atoms with Crippen LogP contribution in [0.4, 0.5) is 0 Å². The SMILES string of the molecule is CC(C)(C)NC(N)=NCC1(N2CCOC(C)(C)C2)CCCCC1. The van der Waals surface area contributed by atoms with Crippen LogP contribution in [0, 0.1) is 0 Å². The Balaban J connectivity index is 2.11. The van der Waals surface area contributed by atoms with Gasteiger partial charge in [-0.15, -0.1) is 0 Å². The van der Waals surface area contributed by atoms with Crippen LogP contribution in [0.15, 0.2) is 4.99 Å². The fraction of sp³-hybridized carbons (Fsp3) is 0.944. The van der Waals surface area contributed by atoms with Crippen molar-refractivity contribution < 1.29 is 4.74 Å². The van der Waals surface area contributed by atoms with Crippen LogP contribution in [0.5, 0.6) is 0 Å². The Labute approximate surface area is 142 Å². The fourth-order valence-corrected chi connectivity index (χ4v) is 3.86. The van der Waals surface area contributed by atoms with Crippen LogP contribution in [-0.4, -0.2) is 53.8 Å². The van der Waals surface area contributed by atoms with Gasteiger partial charge in [-0.2, -0.15) is 0 Å². The van der Waals surface area contributed by atoms with Gasteiger partial charge in [-0.05, 0) is 47.5 Å². The van der Waals surface area contributed by atoms with Crippen LogP contribution in [0.25, 0.3) is 0 Å². The summed E-state index contributed by atoms with van der Waals surface area (Å²) in [4.78, 5) is 7.36. The summed E-state index contributed by atoms with van der Waals surface area (Å²) in [5.74, 6) is 0.565. The molecule has 3 N–H and O–H groups in total. The molecule has 1 saturated heterocycles.